The normalized spacial score (nSPS) is 34.8. The van der Waals surface area contributed by atoms with Gasteiger partial charge in [-0.25, -0.2) is 0 Å². The number of carbonyl (C=O) groups is 4. The number of rotatable bonds is 4. The van der Waals surface area contributed by atoms with Gasteiger partial charge in [-0.1, -0.05) is 27.6 Å². The van der Waals surface area contributed by atoms with Crippen LogP contribution in [0.15, 0.2) is 29.8 Å². The molecule has 0 bridgehead atoms. The maximum absolute atomic E-state index is 13.6. The monoisotopic (exact) mass is 638 g/mol. The quantitative estimate of drug-likeness (QED) is 0.231. The summed E-state index contributed by atoms with van der Waals surface area (Å²) < 4.78 is 43.1. The Labute approximate surface area is 232 Å². The van der Waals surface area contributed by atoms with Crippen LogP contribution < -0.4 is 4.74 Å². The summed E-state index contributed by atoms with van der Waals surface area (Å²) in [5.74, 6) is -7.73. The number of benzene rings is 1. The van der Waals surface area contributed by atoms with E-state index in [9.17, 15) is 37.5 Å². The van der Waals surface area contributed by atoms with Gasteiger partial charge in [0.1, 0.15) is 11.5 Å². The first-order valence-corrected chi connectivity index (χ1v) is 13.5. The molecule has 2 saturated heterocycles. The molecule has 5 rings (SSSR count). The summed E-state index contributed by atoms with van der Waals surface area (Å²) in [6.07, 6.45) is -3.61. The minimum Gasteiger partial charge on any atom is -0.508 e. The molecule has 1 aromatic rings. The van der Waals surface area contributed by atoms with Gasteiger partial charge in [0.05, 0.1) is 17.3 Å². The number of hydrogen-bond acceptors (Lipinski definition) is 6. The zero-order valence-electron chi connectivity index (χ0n) is 19.6. The summed E-state index contributed by atoms with van der Waals surface area (Å²) in [4.78, 5) is 50.9. The summed E-state index contributed by atoms with van der Waals surface area (Å²) >= 11 is 17.1. The van der Waals surface area contributed by atoms with Crippen LogP contribution in [0.3, 0.4) is 0 Å². The number of imide groups is 2. The van der Waals surface area contributed by atoms with Crippen LogP contribution in [0.5, 0.6) is 11.5 Å². The second-order valence-electron chi connectivity index (χ2n) is 9.68. The van der Waals surface area contributed by atoms with Crippen molar-refractivity contribution in [2.24, 2.45) is 17.8 Å². The Kier molecular flexibility index (Phi) is 6.35. The summed E-state index contributed by atoms with van der Waals surface area (Å²) in [7, 11) is 0. The van der Waals surface area contributed by atoms with Crippen LogP contribution >= 0.6 is 39.1 Å². The Hall–Kier alpha value is -2.31. The van der Waals surface area contributed by atoms with Gasteiger partial charge < -0.3 is 9.84 Å². The van der Waals surface area contributed by atoms with Crippen LogP contribution in [0.25, 0.3) is 0 Å². The van der Waals surface area contributed by atoms with Gasteiger partial charge in [-0.3, -0.25) is 29.0 Å². The third-order valence-corrected chi connectivity index (χ3v) is 9.88. The van der Waals surface area contributed by atoms with Crippen molar-refractivity contribution in [3.8, 4) is 11.5 Å². The number of ether oxygens (including phenoxy) is 1. The molecule has 2 aliphatic carbocycles. The van der Waals surface area contributed by atoms with Gasteiger partial charge in [0.2, 0.25) is 11.8 Å². The minimum absolute atomic E-state index is 0.0973. The maximum Gasteiger partial charge on any atom is 0.573 e. The number of fused-ring (bicyclic) bond motifs is 4. The molecule has 8 nitrogen and oxygen atoms in total. The van der Waals surface area contributed by atoms with Gasteiger partial charge in [-0.15, -0.1) is 36.4 Å². The number of phenols is 1. The van der Waals surface area contributed by atoms with E-state index in [-0.39, 0.29) is 36.3 Å². The van der Waals surface area contributed by atoms with E-state index in [4.69, 9.17) is 23.2 Å². The van der Waals surface area contributed by atoms with E-state index in [1.807, 2.05) is 0 Å². The second-order valence-corrected chi connectivity index (χ2v) is 11.4. The van der Waals surface area contributed by atoms with E-state index in [2.05, 4.69) is 20.7 Å². The maximum atomic E-state index is 13.6. The average molecular weight is 640 g/mol. The number of nitrogens with zero attached hydrogens (tertiary/aromatic N) is 2. The molecule has 0 radical (unpaired) electrons. The number of carbonyl (C=O) groups excluding carboxylic acids is 4. The van der Waals surface area contributed by atoms with Crippen LogP contribution in [-0.2, 0) is 19.2 Å². The van der Waals surface area contributed by atoms with Gasteiger partial charge >= 0.3 is 6.36 Å². The zero-order valence-corrected chi connectivity index (χ0v) is 22.7. The van der Waals surface area contributed by atoms with Crippen LogP contribution in [0, 0.1) is 17.8 Å². The van der Waals surface area contributed by atoms with Crippen molar-refractivity contribution in [1.82, 2.24) is 9.80 Å². The van der Waals surface area contributed by atoms with Gasteiger partial charge in [-0.05, 0) is 43.9 Å². The van der Waals surface area contributed by atoms with Crippen LogP contribution in [0.1, 0.15) is 31.2 Å². The van der Waals surface area contributed by atoms with Crippen molar-refractivity contribution < 1.29 is 42.2 Å². The van der Waals surface area contributed by atoms with Gasteiger partial charge in [0.15, 0.2) is 9.75 Å². The zero-order chi connectivity index (χ0) is 27.9. The number of amides is 4. The number of aromatic hydroxyl groups is 1. The van der Waals surface area contributed by atoms with E-state index in [0.29, 0.717) is 5.57 Å². The highest BCUT2D eigenvalue weighted by Gasteiger charge is 2.76. The van der Waals surface area contributed by atoms with E-state index < -0.39 is 69.0 Å². The summed E-state index contributed by atoms with van der Waals surface area (Å²) in [6, 6.07) is 2.73. The lowest BCUT2D eigenvalue weighted by Crippen LogP contribution is -2.60. The highest BCUT2D eigenvalue weighted by atomic mass is 79.9. The molecule has 0 aromatic heterocycles. The highest BCUT2D eigenvalue weighted by molar-refractivity contribution is 9.09. The molecule has 1 aromatic carbocycles. The molecule has 0 spiro atoms. The summed E-state index contributed by atoms with van der Waals surface area (Å²) in [5, 5.41) is 10.8. The number of halogens is 6. The summed E-state index contributed by atoms with van der Waals surface area (Å²) in [5.41, 5.74) is -0.156. The standard InChI is InChI=1S/C24H20BrCl2F3N2O6/c1-2-31-18(34)12-5-4-11-14(16(12)19(31)35)8-22(26)20(36)32(9-25)21(37)23(22,27)17(11)13-7-10(3-6-15(13)33)38-24(28,29)30/h3-4,6-7,12,14,16-17,33H,2,5,8-9H2,1H3/t12-,14+,16-,17+,22+,23-/m0/s1. The fourth-order valence-corrected chi connectivity index (χ4v) is 7.85. The third-order valence-electron chi connectivity index (χ3n) is 7.97. The molecule has 1 N–H and O–H groups in total. The number of alkyl halides is 6. The van der Waals surface area contributed by atoms with Crippen molar-refractivity contribution in [2.75, 3.05) is 12.0 Å². The van der Waals surface area contributed by atoms with Gasteiger partial charge in [-0.2, -0.15) is 0 Å². The van der Waals surface area contributed by atoms with E-state index in [0.717, 1.165) is 28.0 Å². The molecular weight excluding hydrogens is 620 g/mol. The minimum atomic E-state index is -5.05. The molecule has 14 heteroatoms. The number of phenolic OH excluding ortho intramolecular Hbond substituents is 1. The van der Waals surface area contributed by atoms with Crippen LogP contribution in [0.4, 0.5) is 13.2 Å². The Balaban J connectivity index is 1.74. The van der Waals surface area contributed by atoms with E-state index in [1.54, 1.807) is 13.0 Å². The molecule has 2 heterocycles. The average Bonchev–Trinajstić information content (AvgIpc) is 3.17. The Morgan fingerprint density at radius 1 is 1.11 bits per heavy atom. The number of hydrogen-bond donors (Lipinski definition) is 1. The lowest BCUT2D eigenvalue weighted by Gasteiger charge is -2.50. The van der Waals surface area contributed by atoms with Crippen LogP contribution in [0.2, 0.25) is 0 Å². The Bertz CT molecular complexity index is 1310. The first-order chi connectivity index (χ1) is 17.7. The molecule has 1 saturated carbocycles. The predicted octanol–water partition coefficient (Wildman–Crippen LogP) is 4.02. The highest BCUT2D eigenvalue weighted by Crippen LogP contribution is 2.66. The lowest BCUT2D eigenvalue weighted by atomic mass is 9.56. The Morgan fingerprint density at radius 2 is 1.79 bits per heavy atom. The Morgan fingerprint density at radius 3 is 2.39 bits per heavy atom. The molecule has 204 valence electrons. The SMILES string of the molecule is CCN1C(=O)[C@H]2[C@H](CC=C3[C@H]2C[C@@]2(Cl)C(=O)N(CBr)C(=O)[C@@]2(Cl)[C@H]3c2cc(OC(F)(F)F)ccc2O)C1=O. The lowest BCUT2D eigenvalue weighted by molar-refractivity contribution is -0.274. The van der Waals surface area contributed by atoms with E-state index >= 15 is 0 Å². The second kappa shape index (κ2) is 8.85. The molecule has 0 unspecified atom stereocenters. The first-order valence-electron chi connectivity index (χ1n) is 11.6. The van der Waals surface area contributed by atoms with Crippen molar-refractivity contribution in [2.45, 2.75) is 41.8 Å². The molecule has 6 atom stereocenters. The summed E-state index contributed by atoms with van der Waals surface area (Å²) in [6.45, 7) is 1.78. The molecule has 3 fully saturated rings. The van der Waals surface area contributed by atoms with E-state index in [1.165, 1.54) is 0 Å². The predicted molar refractivity (Wildman–Crippen MR) is 131 cm³/mol. The van der Waals surface area contributed by atoms with Crippen molar-refractivity contribution >= 4 is 62.8 Å². The third kappa shape index (κ3) is 3.55. The topological polar surface area (TPSA) is 104 Å². The van der Waals surface area contributed by atoms with Crippen LogP contribution in [-0.4, -0.2) is 66.6 Å². The molecular formula is C24H20BrCl2F3N2O6. The molecule has 4 aliphatic rings. The fourth-order valence-electron chi connectivity index (χ4n) is 6.44. The molecule has 38 heavy (non-hydrogen) atoms. The van der Waals surface area contributed by atoms with Crippen molar-refractivity contribution in [3.63, 3.8) is 0 Å². The number of allylic oxidation sites excluding steroid dienone is 2. The molecule has 2 aliphatic heterocycles. The fraction of sp³-hybridized carbons (Fsp3) is 0.500. The van der Waals surface area contributed by atoms with Gasteiger partial charge in [0.25, 0.3) is 11.8 Å². The van der Waals surface area contributed by atoms with Crippen molar-refractivity contribution in [1.29, 1.82) is 0 Å². The smallest absolute Gasteiger partial charge is 0.508 e. The largest absolute Gasteiger partial charge is 0.573 e. The molecule has 4 amide bonds. The number of likely N-dealkylation sites (tertiary alicyclic amines) is 2. The van der Waals surface area contributed by atoms with Crippen molar-refractivity contribution in [3.05, 3.63) is 35.4 Å². The first kappa shape index (κ1) is 27.3. The van der Waals surface area contributed by atoms with Gasteiger partial charge in [0, 0.05) is 18.0 Å².